The van der Waals surface area contributed by atoms with Crippen LogP contribution in [0.1, 0.15) is 49.8 Å². The van der Waals surface area contributed by atoms with Crippen LogP contribution in [0.3, 0.4) is 0 Å². The van der Waals surface area contributed by atoms with Crippen LogP contribution in [0.2, 0.25) is 0 Å². The van der Waals surface area contributed by atoms with Crippen molar-refractivity contribution in [2.45, 2.75) is 60.7 Å². The third-order valence-corrected chi connectivity index (χ3v) is 11.7. The minimum absolute atomic E-state index is 0.0945. The lowest BCUT2D eigenvalue weighted by atomic mass is 9.72. The number of aryl methyl sites for hydroxylation is 1. The quantitative estimate of drug-likeness (QED) is 0.119. The number of hydrogen-bond acceptors (Lipinski definition) is 9. The summed E-state index contributed by atoms with van der Waals surface area (Å²) >= 11 is 0. The van der Waals surface area contributed by atoms with Crippen molar-refractivity contribution in [1.82, 2.24) is 0 Å². The van der Waals surface area contributed by atoms with Gasteiger partial charge in [-0.1, -0.05) is 56.0 Å². The summed E-state index contributed by atoms with van der Waals surface area (Å²) in [4.78, 5) is 1.40. The second-order valence-electron chi connectivity index (χ2n) is 12.8. The van der Waals surface area contributed by atoms with Crippen LogP contribution in [0.25, 0.3) is 0 Å². The zero-order chi connectivity index (χ0) is 38.3. The topological polar surface area (TPSA) is 185 Å². The molecule has 0 bridgehead atoms. The highest BCUT2D eigenvalue weighted by atomic mass is 32.2. The van der Waals surface area contributed by atoms with Crippen molar-refractivity contribution < 1.29 is 48.4 Å². The first-order valence-electron chi connectivity index (χ1n) is 16.0. The van der Waals surface area contributed by atoms with Crippen LogP contribution in [0.5, 0.6) is 0 Å². The molecule has 15 heteroatoms. The lowest BCUT2D eigenvalue weighted by Gasteiger charge is -2.33. The summed E-state index contributed by atoms with van der Waals surface area (Å²) < 4.78 is 110. The number of methoxy groups -OCH3 is 2. The third-order valence-electron chi connectivity index (χ3n) is 9.21. The molecule has 12 nitrogen and oxygen atoms in total. The lowest BCUT2D eigenvalue weighted by Crippen LogP contribution is -2.31. The lowest BCUT2D eigenvalue weighted by molar-refractivity contribution is 0.178. The molecule has 0 aromatic heterocycles. The molecule has 2 aromatic carbocycles. The molecule has 3 rings (SSSR count). The molecule has 3 N–H and O–H groups in total. The molecule has 1 aliphatic heterocycles. The molecule has 280 valence electrons. The van der Waals surface area contributed by atoms with Crippen molar-refractivity contribution in [2.75, 3.05) is 44.6 Å². The van der Waals surface area contributed by atoms with Crippen molar-refractivity contribution in [2.24, 2.45) is 0 Å². The summed E-state index contributed by atoms with van der Waals surface area (Å²) in [6.07, 6.45) is 13.6. The number of allylic oxidation sites excluding steroid dienone is 9. The van der Waals surface area contributed by atoms with E-state index in [1.54, 1.807) is 56.7 Å². The van der Waals surface area contributed by atoms with Crippen molar-refractivity contribution >= 4 is 36.0 Å². The van der Waals surface area contributed by atoms with Crippen molar-refractivity contribution in [3.05, 3.63) is 113 Å². The van der Waals surface area contributed by atoms with Gasteiger partial charge in [-0.3, -0.25) is 13.7 Å². The van der Waals surface area contributed by atoms with Gasteiger partial charge in [0.15, 0.2) is 0 Å². The maximum Gasteiger partial charge on any atom is 0.294 e. The number of rotatable bonds is 18. The van der Waals surface area contributed by atoms with Gasteiger partial charge in [0, 0.05) is 56.2 Å². The molecule has 0 fully saturated rings. The molecule has 2 unspecified atom stereocenters. The zero-order valence-electron chi connectivity index (χ0n) is 29.4. The number of ether oxygens (including phenoxy) is 2. The maximum absolute atomic E-state index is 12.0. The van der Waals surface area contributed by atoms with Crippen LogP contribution < -0.4 is 4.90 Å². The van der Waals surface area contributed by atoms with Gasteiger partial charge in [-0.2, -0.15) is 25.3 Å². The number of hydrogen-bond donors (Lipinski definition) is 3. The molecule has 1 heterocycles. The first kappa shape index (κ1) is 42.0. The Kier molecular flexibility index (Phi) is 14.0. The highest BCUT2D eigenvalue weighted by Crippen LogP contribution is 2.50. The zero-order valence-corrected chi connectivity index (χ0v) is 31.9. The molecular weight excluding hydrogens is 719 g/mol. The van der Waals surface area contributed by atoms with E-state index in [1.807, 2.05) is 37.8 Å². The Morgan fingerprint density at radius 1 is 0.882 bits per heavy atom. The van der Waals surface area contributed by atoms with Crippen LogP contribution in [0, 0.1) is 6.92 Å². The fraction of sp³-hybridized carbons (Fsp3) is 0.389. The van der Waals surface area contributed by atoms with Gasteiger partial charge in [0.25, 0.3) is 30.4 Å². The van der Waals surface area contributed by atoms with Gasteiger partial charge >= 0.3 is 0 Å². The van der Waals surface area contributed by atoms with Crippen LogP contribution >= 0.6 is 0 Å². The molecule has 2 aromatic rings. The Morgan fingerprint density at radius 2 is 1.47 bits per heavy atom. The van der Waals surface area contributed by atoms with Gasteiger partial charge in [0.05, 0.1) is 15.5 Å². The first-order valence-corrected chi connectivity index (χ1v) is 20.5. The minimum Gasteiger partial charge on any atom is -0.385 e. The standard InChI is InChI=1S/C36H47NO11S3/c1-27-15-16-29(50(41,42)43)25-31(27)35(3,19-22-47-5)28(2)13-10-8-7-9-11-14-34-36(4,20-23-48-6)32-26-30(51(44,45)46)17-18-33(32)37(34)21-12-24-49(38,39)40/h7-11,13-18,25-26H,2,12,19-24H2,1,3-6H3,(H,38,39,40)(H,41,42,43)(H,44,45,46)/b8-7+,11-9+,13-10+,34-14+. The van der Waals surface area contributed by atoms with Crippen molar-refractivity contribution in [3.63, 3.8) is 0 Å². The van der Waals surface area contributed by atoms with Gasteiger partial charge in [-0.15, -0.1) is 0 Å². The van der Waals surface area contributed by atoms with Gasteiger partial charge in [0.1, 0.15) is 0 Å². The summed E-state index contributed by atoms with van der Waals surface area (Å²) in [6.45, 7) is 10.9. The number of fused-ring (bicyclic) bond motifs is 1. The number of benzene rings is 2. The Hall–Kier alpha value is -3.41. The van der Waals surface area contributed by atoms with Crippen LogP contribution in [-0.4, -0.2) is 78.6 Å². The van der Waals surface area contributed by atoms with E-state index in [1.165, 1.54) is 24.3 Å². The summed E-state index contributed by atoms with van der Waals surface area (Å²) in [5, 5.41) is 0. The van der Waals surface area contributed by atoms with Crippen LogP contribution in [0.15, 0.2) is 107 Å². The second-order valence-corrected chi connectivity index (χ2v) is 17.2. The first-order chi connectivity index (χ1) is 23.7. The molecule has 0 radical (unpaired) electrons. The van der Waals surface area contributed by atoms with E-state index in [-0.39, 0.29) is 22.8 Å². The minimum atomic E-state index is -4.50. The highest BCUT2D eigenvalue weighted by molar-refractivity contribution is 7.86. The van der Waals surface area contributed by atoms with Gasteiger partial charge < -0.3 is 14.4 Å². The number of anilines is 1. The van der Waals surface area contributed by atoms with E-state index in [0.29, 0.717) is 48.4 Å². The van der Waals surface area contributed by atoms with E-state index in [9.17, 15) is 38.9 Å². The average molecular weight is 766 g/mol. The van der Waals surface area contributed by atoms with Gasteiger partial charge in [0.2, 0.25) is 0 Å². The second kappa shape index (κ2) is 16.9. The Labute approximate surface area is 302 Å². The molecule has 0 amide bonds. The summed E-state index contributed by atoms with van der Waals surface area (Å²) in [6, 6.07) is 8.73. The van der Waals surface area contributed by atoms with Gasteiger partial charge in [-0.05, 0) is 91.8 Å². The predicted molar refractivity (Wildman–Crippen MR) is 198 cm³/mol. The third kappa shape index (κ3) is 10.6. The van der Waals surface area contributed by atoms with E-state index < -0.39 is 46.9 Å². The largest absolute Gasteiger partial charge is 0.385 e. The average Bonchev–Trinajstić information content (AvgIpc) is 3.27. The molecule has 0 saturated carbocycles. The summed E-state index contributed by atoms with van der Waals surface area (Å²) in [5.74, 6) is -0.462. The predicted octanol–water partition coefficient (Wildman–Crippen LogP) is 5.98. The van der Waals surface area contributed by atoms with Gasteiger partial charge in [-0.25, -0.2) is 0 Å². The van der Waals surface area contributed by atoms with Crippen LogP contribution in [0.4, 0.5) is 5.69 Å². The Morgan fingerprint density at radius 3 is 2.08 bits per heavy atom. The molecule has 0 saturated heterocycles. The van der Waals surface area contributed by atoms with E-state index >= 15 is 0 Å². The molecule has 2 atom stereocenters. The monoisotopic (exact) mass is 765 g/mol. The molecule has 51 heavy (non-hydrogen) atoms. The highest BCUT2D eigenvalue weighted by Gasteiger charge is 2.43. The van der Waals surface area contributed by atoms with Crippen LogP contribution in [-0.2, 0) is 50.7 Å². The maximum atomic E-state index is 12.0. The van der Waals surface area contributed by atoms with Crippen molar-refractivity contribution in [1.29, 1.82) is 0 Å². The normalized spacial score (nSPS) is 19.1. The molecule has 1 aliphatic rings. The Balaban J connectivity index is 1.95. The fourth-order valence-corrected chi connectivity index (χ4v) is 7.74. The smallest absolute Gasteiger partial charge is 0.294 e. The Bertz CT molecular complexity index is 2050. The molecule has 0 aliphatic carbocycles. The SMILES string of the molecule is C=C(/C=C/C=C/C=C/C=C1/N(CCCS(=O)(=O)O)c2ccc(S(=O)(=O)O)cc2C1(C)CCOC)C(C)(CCOC)c1cc(S(=O)(=O)O)ccc1C. The fourth-order valence-electron chi connectivity index (χ4n) is 6.23. The molecular formula is C36H47NO11S3. The summed E-state index contributed by atoms with van der Waals surface area (Å²) in [7, 11) is -10.0. The van der Waals surface area contributed by atoms with Crippen molar-refractivity contribution in [3.8, 4) is 0 Å². The van der Waals surface area contributed by atoms with E-state index in [2.05, 4.69) is 6.58 Å². The number of nitrogens with zero attached hydrogens (tertiary/aromatic N) is 1. The van der Waals surface area contributed by atoms with E-state index in [0.717, 1.165) is 11.3 Å². The summed E-state index contributed by atoms with van der Waals surface area (Å²) in [5.41, 5.74) is 2.70. The molecule has 0 spiro atoms. The van der Waals surface area contributed by atoms with E-state index in [4.69, 9.17) is 9.47 Å².